The molecule has 0 fully saturated rings. The number of hydrogen-bond acceptors (Lipinski definition) is 0. The van der Waals surface area contributed by atoms with Gasteiger partial charge in [0.05, 0.1) is 5.41 Å². The highest BCUT2D eigenvalue weighted by Crippen LogP contribution is 2.64. The average Bonchev–Trinajstić information content (AvgIpc) is 3.80. The number of benzene rings is 13. The third-order valence-corrected chi connectivity index (χ3v) is 14.9. The van der Waals surface area contributed by atoms with E-state index in [-0.39, 0.29) is 11.6 Å². The van der Waals surface area contributed by atoms with Crippen LogP contribution in [0.1, 0.15) is 22.3 Å². The van der Waals surface area contributed by atoms with Gasteiger partial charge in [-0.3, -0.25) is 0 Å². The fraction of sp³-hybridized carbons (Fsp3) is 0.0164. The van der Waals surface area contributed by atoms with Crippen LogP contribution in [0, 0.1) is 11.6 Å². The van der Waals surface area contributed by atoms with Gasteiger partial charge in [0.15, 0.2) is 0 Å². The summed E-state index contributed by atoms with van der Waals surface area (Å²) in [4.78, 5) is 0. The largest absolute Gasteiger partial charge is 0.206 e. The molecule has 0 saturated carbocycles. The van der Waals surface area contributed by atoms with Gasteiger partial charge in [0, 0.05) is 21.5 Å². The molecular weight excluding hydrogens is 771 g/mol. The van der Waals surface area contributed by atoms with Gasteiger partial charge < -0.3 is 0 Å². The number of hydrogen-bond donors (Lipinski definition) is 0. The molecule has 0 aliphatic heterocycles. The lowest BCUT2D eigenvalue weighted by molar-refractivity contribution is 0.640. The Kier molecular flexibility index (Phi) is 6.27. The zero-order valence-electron chi connectivity index (χ0n) is 33.7. The molecule has 13 aromatic carbocycles. The molecule has 0 radical (unpaired) electrons. The molecule has 290 valence electrons. The van der Waals surface area contributed by atoms with Crippen molar-refractivity contribution in [2.75, 3.05) is 0 Å². The van der Waals surface area contributed by atoms with Crippen molar-refractivity contribution in [1.82, 2.24) is 0 Å². The van der Waals surface area contributed by atoms with E-state index in [0.717, 1.165) is 76.1 Å². The maximum atomic E-state index is 15.3. The molecule has 0 aromatic heterocycles. The molecule has 0 saturated heterocycles. The summed E-state index contributed by atoms with van der Waals surface area (Å²) in [5, 5.41) is 14.4. The minimum Gasteiger partial charge on any atom is -0.206 e. The predicted molar refractivity (Wildman–Crippen MR) is 258 cm³/mol. The first kappa shape index (κ1) is 33.7. The van der Waals surface area contributed by atoms with Crippen LogP contribution in [0.4, 0.5) is 8.78 Å². The van der Waals surface area contributed by atoms with Crippen molar-refractivity contribution in [1.29, 1.82) is 0 Å². The van der Waals surface area contributed by atoms with Crippen molar-refractivity contribution in [3.8, 4) is 44.5 Å². The van der Waals surface area contributed by atoms with E-state index in [4.69, 9.17) is 0 Å². The molecule has 63 heavy (non-hydrogen) atoms. The second-order valence-electron chi connectivity index (χ2n) is 17.7. The van der Waals surface area contributed by atoms with Crippen LogP contribution in [0.15, 0.2) is 194 Å². The SMILES string of the molecule is Fc1ccc2ccc3c(-c4ccc5c(c4)C4(c6ccccc6-c6ccccc64)c4ccc6c(-c7cc8ccc(F)c9ccc%10cccc7c%10c89)cccc6c4-5)ccc4ccc1c2c43. The Morgan fingerprint density at radius 3 is 1.54 bits per heavy atom. The summed E-state index contributed by atoms with van der Waals surface area (Å²) in [6.45, 7) is 0. The van der Waals surface area contributed by atoms with Gasteiger partial charge in [-0.05, 0) is 145 Å². The topological polar surface area (TPSA) is 0 Å². The molecule has 0 nitrogen and oxygen atoms in total. The lowest BCUT2D eigenvalue weighted by atomic mass is 9.70. The molecule has 0 atom stereocenters. The van der Waals surface area contributed by atoms with Crippen molar-refractivity contribution < 1.29 is 8.78 Å². The average molecular weight is 803 g/mol. The molecule has 2 heteroatoms. The van der Waals surface area contributed by atoms with E-state index in [1.807, 2.05) is 24.3 Å². The molecule has 0 amide bonds. The maximum Gasteiger partial charge on any atom is 0.131 e. The van der Waals surface area contributed by atoms with Crippen molar-refractivity contribution in [2.24, 2.45) is 0 Å². The minimum atomic E-state index is -0.556. The fourth-order valence-corrected chi connectivity index (χ4v) is 12.4. The molecule has 13 aromatic rings. The predicted octanol–water partition coefficient (Wildman–Crippen LogP) is 16.6. The van der Waals surface area contributed by atoms with E-state index >= 15 is 8.78 Å². The van der Waals surface area contributed by atoms with Crippen LogP contribution in [0.2, 0.25) is 0 Å². The Labute approximate surface area is 360 Å². The second kappa shape index (κ2) is 11.7. The van der Waals surface area contributed by atoms with E-state index in [1.54, 1.807) is 12.1 Å². The summed E-state index contributed by atoms with van der Waals surface area (Å²) >= 11 is 0. The van der Waals surface area contributed by atoms with E-state index in [0.29, 0.717) is 10.8 Å². The smallest absolute Gasteiger partial charge is 0.131 e. The van der Waals surface area contributed by atoms with Gasteiger partial charge in [0.25, 0.3) is 0 Å². The zero-order chi connectivity index (χ0) is 41.3. The lowest BCUT2D eigenvalue weighted by Crippen LogP contribution is -2.25. The molecule has 0 bridgehead atoms. The lowest BCUT2D eigenvalue weighted by Gasteiger charge is -2.31. The van der Waals surface area contributed by atoms with Crippen molar-refractivity contribution in [3.05, 3.63) is 228 Å². The van der Waals surface area contributed by atoms with E-state index < -0.39 is 5.41 Å². The Morgan fingerprint density at radius 2 is 0.794 bits per heavy atom. The highest BCUT2D eigenvalue weighted by molar-refractivity contribution is 6.28. The Bertz CT molecular complexity index is 4130. The van der Waals surface area contributed by atoms with Crippen LogP contribution in [-0.2, 0) is 5.41 Å². The third-order valence-electron chi connectivity index (χ3n) is 14.9. The Morgan fingerprint density at radius 1 is 0.270 bits per heavy atom. The van der Waals surface area contributed by atoms with E-state index in [1.165, 1.54) is 55.3 Å². The fourth-order valence-electron chi connectivity index (χ4n) is 12.4. The summed E-state index contributed by atoms with van der Waals surface area (Å²) in [7, 11) is 0. The standard InChI is InChI=1S/C61H32F2/c62-54-29-20-35-16-23-45-38(22-15-34-18-26-47(54)58(35)57(34)45)36-19-24-46-53(32-36)61(50-13-3-1-8-41(50)42-9-2-4-14-51(42)61)52-28-27-40-39(10-6-12-43(40)60(46)52)49-31-37-21-30-55(63)48-25-17-33-7-5-11-44(49)56(33)59(37)48/h1-32H. The number of rotatable bonds is 2. The van der Waals surface area contributed by atoms with Crippen LogP contribution >= 0.6 is 0 Å². The molecule has 1 spiro atoms. The van der Waals surface area contributed by atoms with E-state index in [9.17, 15) is 0 Å². The molecule has 0 heterocycles. The summed E-state index contributed by atoms with van der Waals surface area (Å²) in [6.07, 6.45) is 0. The molecule has 2 aliphatic rings. The molecule has 0 N–H and O–H groups in total. The van der Waals surface area contributed by atoms with Gasteiger partial charge in [-0.2, -0.15) is 0 Å². The second-order valence-corrected chi connectivity index (χ2v) is 17.7. The van der Waals surface area contributed by atoms with Crippen molar-refractivity contribution >= 4 is 75.4 Å². The Balaban J connectivity index is 1.04. The van der Waals surface area contributed by atoms with Crippen molar-refractivity contribution in [3.63, 3.8) is 0 Å². The van der Waals surface area contributed by atoms with Gasteiger partial charge in [0.2, 0.25) is 0 Å². The first-order chi connectivity index (χ1) is 31.1. The van der Waals surface area contributed by atoms with Crippen LogP contribution < -0.4 is 0 Å². The summed E-state index contributed by atoms with van der Waals surface area (Å²) in [5.41, 5.74) is 14.2. The van der Waals surface area contributed by atoms with Gasteiger partial charge >= 0.3 is 0 Å². The first-order valence-corrected chi connectivity index (χ1v) is 21.7. The quantitative estimate of drug-likeness (QED) is 0.153. The van der Waals surface area contributed by atoms with E-state index in [2.05, 4.69) is 158 Å². The van der Waals surface area contributed by atoms with Crippen LogP contribution in [0.25, 0.3) is 120 Å². The third kappa shape index (κ3) is 4.06. The molecule has 15 rings (SSSR count). The van der Waals surface area contributed by atoms with Gasteiger partial charge in [-0.15, -0.1) is 0 Å². The number of fused-ring (bicyclic) bond motifs is 12. The molecular formula is C61H32F2. The highest BCUT2D eigenvalue weighted by atomic mass is 19.1. The normalized spacial score (nSPS) is 13.7. The van der Waals surface area contributed by atoms with Crippen LogP contribution in [0.5, 0.6) is 0 Å². The van der Waals surface area contributed by atoms with Crippen LogP contribution in [-0.4, -0.2) is 0 Å². The first-order valence-electron chi connectivity index (χ1n) is 21.7. The summed E-state index contributed by atoms with van der Waals surface area (Å²) in [6, 6.07) is 69.1. The van der Waals surface area contributed by atoms with Crippen molar-refractivity contribution in [2.45, 2.75) is 5.41 Å². The summed E-state index contributed by atoms with van der Waals surface area (Å²) < 4.78 is 30.6. The highest BCUT2D eigenvalue weighted by Gasteiger charge is 2.52. The molecule has 0 unspecified atom stereocenters. The summed E-state index contributed by atoms with van der Waals surface area (Å²) in [5.74, 6) is -0.383. The monoisotopic (exact) mass is 802 g/mol. The van der Waals surface area contributed by atoms with Gasteiger partial charge in [0.1, 0.15) is 11.6 Å². The van der Waals surface area contributed by atoms with Gasteiger partial charge in [-0.1, -0.05) is 170 Å². The molecule has 2 aliphatic carbocycles. The minimum absolute atomic E-state index is 0.191. The van der Waals surface area contributed by atoms with Crippen LogP contribution in [0.3, 0.4) is 0 Å². The number of halogens is 2. The zero-order valence-corrected chi connectivity index (χ0v) is 33.7. The maximum absolute atomic E-state index is 15.3. The van der Waals surface area contributed by atoms with Gasteiger partial charge in [-0.25, -0.2) is 8.78 Å². The Hall–Kier alpha value is -7.94.